The first-order valence-corrected chi connectivity index (χ1v) is 4.09. The topological polar surface area (TPSA) is 49.9 Å². The van der Waals surface area contributed by atoms with Crippen LogP contribution in [0.5, 0.6) is 0 Å². The fraction of sp³-hybridized carbons (Fsp3) is 0.300. The highest BCUT2D eigenvalue weighted by molar-refractivity contribution is 6.02. The minimum absolute atomic E-state index is 0.608. The van der Waals surface area contributed by atoms with Crippen molar-refractivity contribution in [3.8, 4) is 0 Å². The third kappa shape index (κ3) is 1.64. The molecular weight excluding hydrogens is 148 g/mol. The predicted octanol–water partition coefficient (Wildman–Crippen LogP) is 2.36. The van der Waals surface area contributed by atoms with Gasteiger partial charge in [-0.3, -0.25) is 0 Å². The molecule has 0 bridgehead atoms. The van der Waals surface area contributed by atoms with Crippen LogP contribution in [0, 0.1) is 12.3 Å². The summed E-state index contributed by atoms with van der Waals surface area (Å²) in [6.45, 7) is 3.97. The van der Waals surface area contributed by atoms with Crippen LogP contribution in [0.3, 0.4) is 0 Å². The van der Waals surface area contributed by atoms with Crippen LogP contribution in [0.2, 0.25) is 0 Å². The lowest BCUT2D eigenvalue weighted by Gasteiger charge is -2.05. The van der Waals surface area contributed by atoms with E-state index in [1.807, 2.05) is 32.0 Å². The summed E-state index contributed by atoms with van der Waals surface area (Å²) in [4.78, 5) is 0. The molecule has 0 aliphatic heterocycles. The molecule has 0 atom stereocenters. The molecule has 2 heteroatoms. The molecule has 12 heavy (non-hydrogen) atoms. The van der Waals surface area contributed by atoms with Crippen molar-refractivity contribution in [2.24, 2.45) is 0 Å². The molecule has 1 aromatic rings. The van der Waals surface area contributed by atoms with Gasteiger partial charge in [0.1, 0.15) is 0 Å². The molecule has 0 fully saturated rings. The Kier molecular flexibility index (Phi) is 2.48. The number of nitrogens with two attached hydrogens (primary N) is 1. The second kappa shape index (κ2) is 3.39. The minimum Gasteiger partial charge on any atom is -0.398 e. The van der Waals surface area contributed by atoms with Gasteiger partial charge in [-0.2, -0.15) is 0 Å². The van der Waals surface area contributed by atoms with Crippen molar-refractivity contribution in [2.45, 2.75) is 20.3 Å². The molecule has 0 spiro atoms. The Bertz CT molecular complexity index is 303. The molecule has 0 aliphatic carbocycles. The van der Waals surface area contributed by atoms with Crippen molar-refractivity contribution < 1.29 is 0 Å². The standard InChI is InChI=1S/C10H14N2/c1-3-9(11)8-6-7(2)4-5-10(8)12/h4-6,11H,3,12H2,1-2H3. The zero-order chi connectivity index (χ0) is 9.14. The second-order valence-corrected chi connectivity index (χ2v) is 2.92. The molecule has 0 saturated heterocycles. The first kappa shape index (κ1) is 8.78. The Morgan fingerprint density at radius 3 is 2.75 bits per heavy atom. The summed E-state index contributed by atoms with van der Waals surface area (Å²) in [6.07, 6.45) is 0.730. The molecule has 1 rings (SSSR count). The zero-order valence-electron chi connectivity index (χ0n) is 7.52. The van der Waals surface area contributed by atoms with E-state index >= 15 is 0 Å². The smallest absolute Gasteiger partial charge is 0.0406 e. The van der Waals surface area contributed by atoms with Crippen LogP contribution in [0.15, 0.2) is 18.2 Å². The van der Waals surface area contributed by atoms with Crippen molar-refractivity contribution in [3.05, 3.63) is 29.3 Å². The molecule has 0 amide bonds. The maximum absolute atomic E-state index is 7.64. The van der Waals surface area contributed by atoms with Gasteiger partial charge >= 0.3 is 0 Å². The Hall–Kier alpha value is -1.31. The normalized spacial score (nSPS) is 9.83. The summed E-state index contributed by atoms with van der Waals surface area (Å²) in [5.74, 6) is 0. The van der Waals surface area contributed by atoms with E-state index in [4.69, 9.17) is 11.1 Å². The van der Waals surface area contributed by atoms with E-state index in [-0.39, 0.29) is 0 Å². The summed E-state index contributed by atoms with van der Waals surface area (Å²) in [5.41, 5.74) is 9.06. The van der Waals surface area contributed by atoms with Gasteiger partial charge in [0.15, 0.2) is 0 Å². The lowest BCUT2D eigenvalue weighted by molar-refractivity contribution is 1.24. The summed E-state index contributed by atoms with van der Waals surface area (Å²) in [7, 11) is 0. The van der Waals surface area contributed by atoms with Crippen LogP contribution < -0.4 is 5.73 Å². The first-order chi connectivity index (χ1) is 5.65. The number of hydrogen-bond acceptors (Lipinski definition) is 2. The number of nitrogens with one attached hydrogen (secondary N) is 1. The van der Waals surface area contributed by atoms with Crippen LogP contribution in [-0.4, -0.2) is 5.71 Å². The van der Waals surface area contributed by atoms with Crippen molar-refractivity contribution >= 4 is 11.4 Å². The van der Waals surface area contributed by atoms with E-state index in [0.717, 1.165) is 17.5 Å². The van der Waals surface area contributed by atoms with Gasteiger partial charge in [0.25, 0.3) is 0 Å². The molecule has 0 aromatic heterocycles. The lowest BCUT2D eigenvalue weighted by Crippen LogP contribution is -2.02. The molecule has 0 unspecified atom stereocenters. The molecular formula is C10H14N2. The van der Waals surface area contributed by atoms with Gasteiger partial charge in [0.2, 0.25) is 0 Å². The quantitative estimate of drug-likeness (QED) is 0.509. The number of aryl methyl sites for hydroxylation is 1. The molecule has 1 aromatic carbocycles. The predicted molar refractivity (Wildman–Crippen MR) is 52.7 cm³/mol. The molecule has 0 heterocycles. The molecule has 0 aliphatic rings. The Balaban J connectivity index is 3.13. The highest BCUT2D eigenvalue weighted by Gasteiger charge is 2.02. The van der Waals surface area contributed by atoms with Gasteiger partial charge in [0, 0.05) is 17.0 Å². The number of nitrogen functional groups attached to an aromatic ring is 1. The summed E-state index contributed by atoms with van der Waals surface area (Å²) >= 11 is 0. The largest absolute Gasteiger partial charge is 0.398 e. The van der Waals surface area contributed by atoms with Crippen LogP contribution in [0.1, 0.15) is 24.5 Å². The van der Waals surface area contributed by atoms with Gasteiger partial charge < -0.3 is 11.1 Å². The number of benzene rings is 1. The number of rotatable bonds is 2. The molecule has 2 nitrogen and oxygen atoms in total. The third-order valence-corrected chi connectivity index (χ3v) is 1.89. The average Bonchev–Trinajstić information content (AvgIpc) is 2.08. The monoisotopic (exact) mass is 162 g/mol. The van der Waals surface area contributed by atoms with E-state index in [1.54, 1.807) is 0 Å². The van der Waals surface area contributed by atoms with Crippen molar-refractivity contribution in [1.82, 2.24) is 0 Å². The zero-order valence-corrected chi connectivity index (χ0v) is 7.52. The van der Waals surface area contributed by atoms with E-state index < -0.39 is 0 Å². The minimum atomic E-state index is 0.608. The Morgan fingerprint density at radius 1 is 1.50 bits per heavy atom. The molecule has 0 radical (unpaired) electrons. The van der Waals surface area contributed by atoms with E-state index in [2.05, 4.69) is 0 Å². The third-order valence-electron chi connectivity index (χ3n) is 1.89. The highest BCUT2D eigenvalue weighted by Crippen LogP contribution is 2.15. The van der Waals surface area contributed by atoms with Gasteiger partial charge in [-0.1, -0.05) is 18.6 Å². The van der Waals surface area contributed by atoms with Crippen LogP contribution >= 0.6 is 0 Å². The fourth-order valence-electron chi connectivity index (χ4n) is 1.12. The van der Waals surface area contributed by atoms with E-state index in [1.165, 1.54) is 0 Å². The van der Waals surface area contributed by atoms with E-state index in [9.17, 15) is 0 Å². The molecule has 0 saturated carbocycles. The van der Waals surface area contributed by atoms with Gasteiger partial charge in [-0.15, -0.1) is 0 Å². The van der Waals surface area contributed by atoms with Gasteiger partial charge in [-0.25, -0.2) is 0 Å². The summed E-state index contributed by atoms with van der Waals surface area (Å²) in [6, 6.07) is 5.78. The average molecular weight is 162 g/mol. The van der Waals surface area contributed by atoms with Crippen LogP contribution in [0.4, 0.5) is 5.69 Å². The number of hydrogen-bond donors (Lipinski definition) is 2. The van der Waals surface area contributed by atoms with Gasteiger partial charge in [-0.05, 0) is 25.5 Å². The van der Waals surface area contributed by atoms with Crippen LogP contribution in [0.25, 0.3) is 0 Å². The first-order valence-electron chi connectivity index (χ1n) is 4.09. The number of anilines is 1. The van der Waals surface area contributed by atoms with E-state index in [0.29, 0.717) is 11.4 Å². The van der Waals surface area contributed by atoms with Crippen molar-refractivity contribution in [3.63, 3.8) is 0 Å². The highest BCUT2D eigenvalue weighted by atomic mass is 14.6. The Morgan fingerprint density at radius 2 is 2.17 bits per heavy atom. The van der Waals surface area contributed by atoms with Crippen LogP contribution in [-0.2, 0) is 0 Å². The SMILES string of the molecule is CCC(=N)c1cc(C)ccc1N. The molecule has 64 valence electrons. The maximum atomic E-state index is 7.64. The summed E-state index contributed by atoms with van der Waals surface area (Å²) in [5, 5.41) is 7.64. The maximum Gasteiger partial charge on any atom is 0.0406 e. The second-order valence-electron chi connectivity index (χ2n) is 2.92. The molecule has 3 N–H and O–H groups in total. The van der Waals surface area contributed by atoms with Crippen molar-refractivity contribution in [1.29, 1.82) is 5.41 Å². The Labute approximate surface area is 72.9 Å². The lowest BCUT2D eigenvalue weighted by atomic mass is 10.0. The van der Waals surface area contributed by atoms with Crippen molar-refractivity contribution in [2.75, 3.05) is 5.73 Å². The summed E-state index contributed by atoms with van der Waals surface area (Å²) < 4.78 is 0. The fourth-order valence-corrected chi connectivity index (χ4v) is 1.12. The van der Waals surface area contributed by atoms with Gasteiger partial charge in [0.05, 0.1) is 0 Å².